The van der Waals surface area contributed by atoms with E-state index >= 15 is 0 Å². The van der Waals surface area contributed by atoms with Crippen molar-refractivity contribution < 1.29 is 4.39 Å². The molecule has 0 bridgehead atoms. The molecule has 0 aliphatic heterocycles. The summed E-state index contributed by atoms with van der Waals surface area (Å²) in [5, 5.41) is 0. The average Bonchev–Trinajstić information content (AvgIpc) is 2.33. The lowest BCUT2D eigenvalue weighted by molar-refractivity contribution is 0.636. The van der Waals surface area contributed by atoms with Crippen LogP contribution in [0.2, 0.25) is 0 Å². The highest BCUT2D eigenvalue weighted by atomic mass is 19.1. The maximum absolute atomic E-state index is 12.7. The van der Waals surface area contributed by atoms with Gasteiger partial charge in [-0.05, 0) is 6.07 Å². The monoisotopic (exact) mass is 152 g/mol. The normalized spacial score (nSPS) is 10.6. The van der Waals surface area contributed by atoms with Crippen molar-refractivity contribution in [1.29, 1.82) is 0 Å². The van der Waals surface area contributed by atoms with Crippen LogP contribution in [0.25, 0.3) is 11.0 Å². The van der Waals surface area contributed by atoms with Crippen molar-refractivity contribution in [2.45, 2.75) is 0 Å². The summed E-state index contributed by atoms with van der Waals surface area (Å²) < 4.78 is 12.7. The summed E-state index contributed by atoms with van der Waals surface area (Å²) in [6.45, 7) is 0. The number of hydrogen-bond acceptors (Lipinski definition) is 1. The minimum atomic E-state index is -0.433. The van der Waals surface area contributed by atoms with E-state index in [4.69, 9.17) is 0 Å². The third-order valence-corrected chi connectivity index (χ3v) is 1.51. The molecule has 3 nitrogen and oxygen atoms in total. The molecule has 56 valence electrons. The highest BCUT2D eigenvalue weighted by Crippen LogP contribution is 2.10. The second-order valence-corrected chi connectivity index (χ2v) is 2.25. The molecule has 0 fully saturated rings. The zero-order chi connectivity index (χ0) is 7.84. The maximum atomic E-state index is 12.7. The minimum absolute atomic E-state index is 0.234. The number of fused-ring (bicyclic) bond motifs is 1. The Bertz CT molecular complexity index is 443. The van der Waals surface area contributed by atoms with E-state index in [2.05, 4.69) is 9.97 Å². The van der Waals surface area contributed by atoms with Gasteiger partial charge in [-0.1, -0.05) is 0 Å². The first-order valence-corrected chi connectivity index (χ1v) is 3.13. The Labute approximate surface area is 60.9 Å². The molecule has 0 unspecified atom stereocenters. The molecule has 0 radical (unpaired) electrons. The van der Waals surface area contributed by atoms with Crippen molar-refractivity contribution in [3.63, 3.8) is 0 Å². The SMILES string of the molecule is O=c1ccc2[nH]cc(F)c2[nH]1. The fraction of sp³-hybridized carbons (Fsp3) is 0. The van der Waals surface area contributed by atoms with Gasteiger partial charge in [-0.25, -0.2) is 4.39 Å². The van der Waals surface area contributed by atoms with E-state index in [-0.39, 0.29) is 11.1 Å². The molecule has 4 heteroatoms. The standard InChI is InChI=1S/C7H5FN2O/c8-4-3-9-5-1-2-6(11)10-7(4)5/h1-3,9H,(H,10,11). The molecule has 0 atom stereocenters. The zero-order valence-corrected chi connectivity index (χ0v) is 5.52. The van der Waals surface area contributed by atoms with E-state index < -0.39 is 5.82 Å². The Morgan fingerprint density at radius 1 is 1.36 bits per heavy atom. The Morgan fingerprint density at radius 3 is 3.00 bits per heavy atom. The van der Waals surface area contributed by atoms with Crippen LogP contribution >= 0.6 is 0 Å². The third-order valence-electron chi connectivity index (χ3n) is 1.51. The summed E-state index contributed by atoms with van der Waals surface area (Å²) in [6, 6.07) is 2.88. The van der Waals surface area contributed by atoms with Gasteiger partial charge in [-0.15, -0.1) is 0 Å². The largest absolute Gasteiger partial charge is 0.357 e. The number of pyridine rings is 1. The Hall–Kier alpha value is -1.58. The summed E-state index contributed by atoms with van der Waals surface area (Å²) in [4.78, 5) is 15.7. The Kier molecular flexibility index (Phi) is 1.09. The van der Waals surface area contributed by atoms with Crippen molar-refractivity contribution in [3.8, 4) is 0 Å². The zero-order valence-electron chi connectivity index (χ0n) is 5.52. The van der Waals surface area contributed by atoms with Gasteiger partial charge in [0.1, 0.15) is 5.52 Å². The van der Waals surface area contributed by atoms with Crippen molar-refractivity contribution in [2.24, 2.45) is 0 Å². The fourth-order valence-electron chi connectivity index (χ4n) is 0.996. The molecular weight excluding hydrogens is 147 g/mol. The number of hydrogen-bond donors (Lipinski definition) is 2. The molecule has 11 heavy (non-hydrogen) atoms. The van der Waals surface area contributed by atoms with Gasteiger partial charge in [0.25, 0.3) is 0 Å². The first kappa shape index (κ1) is 6.15. The van der Waals surface area contributed by atoms with Crippen LogP contribution in [0.5, 0.6) is 0 Å². The van der Waals surface area contributed by atoms with Crippen LogP contribution in [0.15, 0.2) is 23.1 Å². The topological polar surface area (TPSA) is 48.6 Å². The van der Waals surface area contributed by atoms with Crippen molar-refractivity contribution >= 4 is 11.0 Å². The Balaban J connectivity index is 2.98. The van der Waals surface area contributed by atoms with Gasteiger partial charge in [0, 0.05) is 12.3 Å². The number of aromatic nitrogens is 2. The van der Waals surface area contributed by atoms with Gasteiger partial charge in [0.05, 0.1) is 5.52 Å². The van der Waals surface area contributed by atoms with Gasteiger partial charge in [0.2, 0.25) is 5.56 Å². The molecule has 2 aromatic rings. The number of rotatable bonds is 0. The molecule has 2 heterocycles. The number of aromatic amines is 2. The molecule has 0 spiro atoms. The van der Waals surface area contributed by atoms with E-state index in [1.54, 1.807) is 0 Å². The highest BCUT2D eigenvalue weighted by Gasteiger charge is 2.01. The summed E-state index contributed by atoms with van der Waals surface area (Å²) in [6.07, 6.45) is 1.21. The van der Waals surface area contributed by atoms with Gasteiger partial charge >= 0.3 is 0 Å². The lowest BCUT2D eigenvalue weighted by Gasteiger charge is -1.86. The predicted octanol–water partition coefficient (Wildman–Crippen LogP) is 0.995. The summed E-state index contributed by atoms with van der Waals surface area (Å²) in [7, 11) is 0. The molecule has 0 aliphatic carbocycles. The van der Waals surface area contributed by atoms with Crippen molar-refractivity contribution in [1.82, 2.24) is 9.97 Å². The van der Waals surface area contributed by atoms with E-state index in [1.165, 1.54) is 18.3 Å². The lowest BCUT2D eigenvalue weighted by Crippen LogP contribution is -2.01. The maximum Gasteiger partial charge on any atom is 0.248 e. The van der Waals surface area contributed by atoms with E-state index in [0.717, 1.165) is 0 Å². The van der Waals surface area contributed by atoms with E-state index in [9.17, 15) is 9.18 Å². The van der Waals surface area contributed by atoms with Crippen LogP contribution < -0.4 is 5.56 Å². The first-order valence-electron chi connectivity index (χ1n) is 3.13. The number of nitrogens with one attached hydrogen (secondary N) is 2. The molecule has 2 N–H and O–H groups in total. The van der Waals surface area contributed by atoms with Crippen LogP contribution in [0.1, 0.15) is 0 Å². The minimum Gasteiger partial charge on any atom is -0.357 e. The second-order valence-electron chi connectivity index (χ2n) is 2.25. The van der Waals surface area contributed by atoms with Crippen LogP contribution in [0.4, 0.5) is 4.39 Å². The molecule has 0 saturated heterocycles. The van der Waals surface area contributed by atoms with Crippen LogP contribution in [-0.4, -0.2) is 9.97 Å². The molecule has 2 rings (SSSR count). The molecule has 0 aliphatic rings. The van der Waals surface area contributed by atoms with E-state index in [0.29, 0.717) is 5.52 Å². The smallest absolute Gasteiger partial charge is 0.248 e. The molecule has 2 aromatic heterocycles. The van der Waals surface area contributed by atoms with Crippen LogP contribution in [0.3, 0.4) is 0 Å². The van der Waals surface area contributed by atoms with Crippen molar-refractivity contribution in [3.05, 3.63) is 34.5 Å². The Morgan fingerprint density at radius 2 is 2.18 bits per heavy atom. The second kappa shape index (κ2) is 1.95. The molecule has 0 saturated carbocycles. The highest BCUT2D eigenvalue weighted by molar-refractivity contribution is 5.74. The molecule has 0 amide bonds. The first-order chi connectivity index (χ1) is 5.27. The number of H-pyrrole nitrogens is 2. The fourth-order valence-corrected chi connectivity index (χ4v) is 0.996. The lowest BCUT2D eigenvalue weighted by atomic mass is 10.4. The molecular formula is C7H5FN2O. The van der Waals surface area contributed by atoms with Crippen LogP contribution in [0, 0.1) is 5.82 Å². The quantitative estimate of drug-likeness (QED) is 0.581. The van der Waals surface area contributed by atoms with Crippen LogP contribution in [-0.2, 0) is 0 Å². The average molecular weight is 152 g/mol. The van der Waals surface area contributed by atoms with Gasteiger partial charge in [-0.2, -0.15) is 0 Å². The van der Waals surface area contributed by atoms with Gasteiger partial charge in [0.15, 0.2) is 5.82 Å². The van der Waals surface area contributed by atoms with Gasteiger partial charge in [-0.3, -0.25) is 4.79 Å². The number of halogens is 1. The summed E-state index contributed by atoms with van der Waals surface area (Å²) in [5.74, 6) is -0.433. The predicted molar refractivity (Wildman–Crippen MR) is 38.9 cm³/mol. The third kappa shape index (κ3) is 0.832. The summed E-state index contributed by atoms with van der Waals surface area (Å²) in [5.41, 5.74) is 0.538. The van der Waals surface area contributed by atoms with Gasteiger partial charge < -0.3 is 9.97 Å². The van der Waals surface area contributed by atoms with Crippen molar-refractivity contribution in [2.75, 3.05) is 0 Å². The molecule has 0 aromatic carbocycles. The summed E-state index contributed by atoms with van der Waals surface area (Å²) >= 11 is 0. The van der Waals surface area contributed by atoms with E-state index in [1.807, 2.05) is 0 Å².